The summed E-state index contributed by atoms with van der Waals surface area (Å²) >= 11 is 6.31. The van der Waals surface area contributed by atoms with E-state index in [9.17, 15) is 10.1 Å². The van der Waals surface area contributed by atoms with Crippen molar-refractivity contribution in [2.45, 2.75) is 25.9 Å². The molecule has 0 amide bonds. The third-order valence-electron chi connectivity index (χ3n) is 6.91. The van der Waals surface area contributed by atoms with Crippen LogP contribution in [0.2, 0.25) is 5.02 Å². The zero-order valence-electron chi connectivity index (χ0n) is 19.9. The van der Waals surface area contributed by atoms with E-state index in [4.69, 9.17) is 22.1 Å². The number of benzene rings is 1. The van der Waals surface area contributed by atoms with Crippen LogP contribution >= 0.6 is 11.6 Å². The molecule has 180 valence electrons. The van der Waals surface area contributed by atoms with Crippen LogP contribution in [-0.4, -0.2) is 28.5 Å². The molecule has 0 bridgehead atoms. The Morgan fingerprint density at radius 2 is 2.03 bits per heavy atom. The molecule has 0 spiro atoms. The Morgan fingerprint density at radius 1 is 1.22 bits per heavy atom. The highest BCUT2D eigenvalue weighted by Crippen LogP contribution is 2.33. The topological polar surface area (TPSA) is 110 Å². The van der Waals surface area contributed by atoms with Gasteiger partial charge in [-0.15, -0.1) is 0 Å². The summed E-state index contributed by atoms with van der Waals surface area (Å²) in [5.41, 5.74) is 4.05. The number of pyridine rings is 1. The first-order valence-corrected chi connectivity index (χ1v) is 12.1. The summed E-state index contributed by atoms with van der Waals surface area (Å²) in [5.74, 6) is 0.447. The van der Waals surface area contributed by atoms with Crippen LogP contribution in [0.5, 0.6) is 0 Å². The summed E-state index contributed by atoms with van der Waals surface area (Å²) in [7, 11) is 3.49. The fourth-order valence-corrected chi connectivity index (χ4v) is 5.00. The van der Waals surface area contributed by atoms with Gasteiger partial charge in [-0.2, -0.15) is 10.4 Å². The molecule has 0 saturated heterocycles. The van der Waals surface area contributed by atoms with Crippen molar-refractivity contribution in [3.8, 4) is 17.5 Å². The molecule has 0 radical (unpaired) electrons. The number of nitrogens with zero attached hydrogens (tertiary/aromatic N) is 7. The average Bonchev–Trinajstić information content (AvgIpc) is 3.51. The number of rotatable bonds is 5. The second kappa shape index (κ2) is 8.21. The molecule has 0 unspecified atom stereocenters. The fourth-order valence-electron chi connectivity index (χ4n) is 4.82. The van der Waals surface area contributed by atoms with Gasteiger partial charge in [-0.1, -0.05) is 11.6 Å². The smallest absolute Gasteiger partial charge is 0.331 e. The number of nitrogens with one attached hydrogen (secondary N) is 1. The van der Waals surface area contributed by atoms with Crippen molar-refractivity contribution < 1.29 is 0 Å². The fraction of sp³-hybridized carbons (Fsp3) is 0.269. The highest BCUT2D eigenvalue weighted by Gasteiger charge is 2.27. The van der Waals surface area contributed by atoms with Crippen LogP contribution in [0.25, 0.3) is 33.3 Å². The normalized spacial score (nSPS) is 13.5. The third kappa shape index (κ3) is 3.53. The van der Waals surface area contributed by atoms with Gasteiger partial charge in [0.25, 0.3) is 0 Å². The van der Waals surface area contributed by atoms with Crippen molar-refractivity contribution in [3.05, 3.63) is 74.8 Å². The lowest BCUT2D eigenvalue weighted by atomic mass is 10.1. The lowest BCUT2D eigenvalue weighted by Crippen LogP contribution is -2.38. The first-order valence-electron chi connectivity index (χ1n) is 11.7. The molecule has 36 heavy (non-hydrogen) atoms. The summed E-state index contributed by atoms with van der Waals surface area (Å²) in [6.45, 7) is 0.946. The van der Waals surface area contributed by atoms with E-state index in [1.165, 1.54) is 4.57 Å². The highest BCUT2D eigenvalue weighted by molar-refractivity contribution is 6.31. The Bertz CT molecular complexity index is 1840. The number of fused-ring (bicyclic) bond motifs is 2. The first-order chi connectivity index (χ1) is 17.4. The number of hydrogen-bond donors (Lipinski definition) is 1. The maximum atomic E-state index is 13.2. The summed E-state index contributed by atoms with van der Waals surface area (Å²) < 4.78 is 6.76. The van der Waals surface area contributed by atoms with Gasteiger partial charge in [-0.3, -0.25) is 24.2 Å². The standard InChI is InChI=1S/C26H23ClN8O/c1-32-12-16(11-28)9-21(32)23-22-24(29)33(2)26(36)34(13-15-3-4-15)25(22)31-35(23)14-17-7-8-30-20-6-5-18(27)10-19(17)20/h5-10,12,15,29H,3-4,13-14H2,1-2H3. The van der Waals surface area contributed by atoms with Gasteiger partial charge in [-0.05, 0) is 54.7 Å². The zero-order chi connectivity index (χ0) is 25.1. The Labute approximate surface area is 210 Å². The average molecular weight is 499 g/mol. The monoisotopic (exact) mass is 498 g/mol. The molecular weight excluding hydrogens is 476 g/mol. The Balaban J connectivity index is 1.67. The number of halogens is 1. The molecule has 1 N–H and O–H groups in total. The van der Waals surface area contributed by atoms with Crippen LogP contribution in [-0.2, 0) is 27.2 Å². The predicted molar refractivity (Wildman–Crippen MR) is 137 cm³/mol. The van der Waals surface area contributed by atoms with Crippen molar-refractivity contribution in [1.82, 2.24) is 28.5 Å². The molecule has 1 fully saturated rings. The first kappa shape index (κ1) is 22.3. The number of hydrogen-bond acceptors (Lipinski definition) is 5. The second-order valence-corrected chi connectivity index (χ2v) is 9.85. The van der Waals surface area contributed by atoms with Gasteiger partial charge in [-0.25, -0.2) is 4.79 Å². The van der Waals surface area contributed by atoms with Crippen LogP contribution in [0.4, 0.5) is 0 Å². The minimum absolute atomic E-state index is 0.0886. The van der Waals surface area contributed by atoms with Crippen LogP contribution in [0, 0.1) is 22.7 Å². The summed E-state index contributed by atoms with van der Waals surface area (Å²) in [6, 6.07) is 11.5. The lowest BCUT2D eigenvalue weighted by Gasteiger charge is -2.11. The molecule has 1 saturated carbocycles. The van der Waals surface area contributed by atoms with Crippen LogP contribution in [0.3, 0.4) is 0 Å². The minimum atomic E-state index is -0.249. The molecule has 5 aromatic rings. The van der Waals surface area contributed by atoms with E-state index < -0.39 is 0 Å². The largest absolute Gasteiger partial charge is 0.348 e. The van der Waals surface area contributed by atoms with Gasteiger partial charge in [0.2, 0.25) is 0 Å². The maximum absolute atomic E-state index is 13.2. The summed E-state index contributed by atoms with van der Waals surface area (Å²) in [4.78, 5) is 17.7. The van der Waals surface area contributed by atoms with E-state index in [1.54, 1.807) is 30.1 Å². The van der Waals surface area contributed by atoms with E-state index in [1.807, 2.05) is 40.6 Å². The molecule has 4 heterocycles. The van der Waals surface area contributed by atoms with Gasteiger partial charge in [0, 0.05) is 43.4 Å². The molecule has 1 aromatic carbocycles. The Kier molecular flexibility index (Phi) is 5.09. The van der Waals surface area contributed by atoms with Gasteiger partial charge in [0.15, 0.2) is 5.65 Å². The van der Waals surface area contributed by atoms with Crippen LogP contribution in [0.15, 0.2) is 47.5 Å². The molecule has 9 nitrogen and oxygen atoms in total. The van der Waals surface area contributed by atoms with E-state index in [-0.39, 0.29) is 11.2 Å². The Hall–Kier alpha value is -4.16. The third-order valence-corrected chi connectivity index (χ3v) is 7.14. The number of aromatic nitrogens is 6. The number of aryl methyl sites for hydroxylation is 1. The number of nitriles is 1. The SMILES string of the molecule is Cn1cc(C#N)cc1-c1c2c(=N)n(C)c(=O)n(CC3CC3)c2nn1Cc1ccnc2ccc(Cl)cc12. The predicted octanol–water partition coefficient (Wildman–Crippen LogP) is 3.55. The quantitative estimate of drug-likeness (QED) is 0.399. The van der Waals surface area contributed by atoms with E-state index in [0.717, 1.165) is 35.0 Å². The molecule has 1 aliphatic carbocycles. The second-order valence-electron chi connectivity index (χ2n) is 9.42. The van der Waals surface area contributed by atoms with Crippen molar-refractivity contribution in [1.29, 1.82) is 10.7 Å². The lowest BCUT2D eigenvalue weighted by molar-refractivity contribution is 0.568. The van der Waals surface area contributed by atoms with Gasteiger partial charge in [0.1, 0.15) is 11.6 Å². The molecule has 0 aliphatic heterocycles. The molecule has 1 aliphatic rings. The van der Waals surface area contributed by atoms with Crippen molar-refractivity contribution in [2.75, 3.05) is 0 Å². The summed E-state index contributed by atoms with van der Waals surface area (Å²) in [6.07, 6.45) is 5.68. The molecule has 4 aromatic heterocycles. The van der Waals surface area contributed by atoms with E-state index in [0.29, 0.717) is 46.3 Å². The van der Waals surface area contributed by atoms with Gasteiger partial charge in [0.05, 0.1) is 34.4 Å². The van der Waals surface area contributed by atoms with Crippen LogP contribution < -0.4 is 11.2 Å². The van der Waals surface area contributed by atoms with Crippen molar-refractivity contribution in [2.24, 2.45) is 20.0 Å². The van der Waals surface area contributed by atoms with Crippen molar-refractivity contribution >= 4 is 33.5 Å². The van der Waals surface area contributed by atoms with Gasteiger partial charge >= 0.3 is 5.69 Å². The van der Waals surface area contributed by atoms with E-state index >= 15 is 0 Å². The molecule has 0 atom stereocenters. The Morgan fingerprint density at radius 3 is 2.75 bits per heavy atom. The highest BCUT2D eigenvalue weighted by atomic mass is 35.5. The zero-order valence-corrected chi connectivity index (χ0v) is 20.6. The van der Waals surface area contributed by atoms with Crippen LogP contribution in [0.1, 0.15) is 24.0 Å². The van der Waals surface area contributed by atoms with E-state index in [2.05, 4.69) is 11.1 Å². The molecule has 10 heteroatoms. The van der Waals surface area contributed by atoms with Gasteiger partial charge < -0.3 is 4.57 Å². The maximum Gasteiger partial charge on any atom is 0.331 e. The van der Waals surface area contributed by atoms with Crippen molar-refractivity contribution in [3.63, 3.8) is 0 Å². The minimum Gasteiger partial charge on any atom is -0.348 e. The summed E-state index contributed by atoms with van der Waals surface area (Å²) in [5, 5.41) is 25.4. The molecular formula is C26H23ClN8O. The molecule has 6 rings (SSSR count).